The van der Waals surface area contributed by atoms with Crippen LogP contribution in [0.2, 0.25) is 0 Å². The fraction of sp³-hybridized carbons (Fsp3) is 0.0625. The van der Waals surface area contributed by atoms with Gasteiger partial charge in [0, 0.05) is 5.39 Å². The molecule has 0 atom stereocenters. The van der Waals surface area contributed by atoms with Gasteiger partial charge in [0.15, 0.2) is 0 Å². The maximum absolute atomic E-state index is 11.9. The molecule has 0 bridgehead atoms. The Kier molecular flexibility index (Phi) is 3.02. The summed E-state index contributed by atoms with van der Waals surface area (Å²) in [6.07, 6.45) is 1.60. The van der Waals surface area contributed by atoms with Gasteiger partial charge in [-0.2, -0.15) is 0 Å². The second kappa shape index (κ2) is 4.98. The van der Waals surface area contributed by atoms with Crippen molar-refractivity contribution in [3.8, 4) is 0 Å². The molecule has 0 aliphatic heterocycles. The number of ether oxygens (including phenoxy) is 1. The smallest absolute Gasteiger partial charge is 0.338 e. The van der Waals surface area contributed by atoms with Crippen LogP contribution >= 0.6 is 0 Å². The van der Waals surface area contributed by atoms with Crippen LogP contribution in [0.4, 0.5) is 0 Å². The summed E-state index contributed by atoms with van der Waals surface area (Å²) < 4.78 is 10.5. The van der Waals surface area contributed by atoms with E-state index in [1.165, 1.54) is 0 Å². The first-order chi connectivity index (χ1) is 9.33. The summed E-state index contributed by atoms with van der Waals surface area (Å²) in [7, 11) is 0. The van der Waals surface area contributed by atoms with E-state index in [0.717, 1.165) is 16.5 Å². The molecule has 0 unspecified atom stereocenters. The summed E-state index contributed by atoms with van der Waals surface area (Å²) >= 11 is 0. The first-order valence-electron chi connectivity index (χ1n) is 6.01. The zero-order valence-electron chi connectivity index (χ0n) is 10.2. The molecule has 0 saturated carbocycles. The van der Waals surface area contributed by atoms with Gasteiger partial charge in [0.05, 0.1) is 11.8 Å². The highest BCUT2D eigenvalue weighted by Gasteiger charge is 2.09. The van der Waals surface area contributed by atoms with Gasteiger partial charge in [0.25, 0.3) is 0 Å². The molecule has 3 heteroatoms. The number of carbonyl (C=O) groups excluding carboxylic acids is 1. The van der Waals surface area contributed by atoms with Crippen LogP contribution in [-0.4, -0.2) is 5.97 Å². The maximum Gasteiger partial charge on any atom is 0.338 e. The van der Waals surface area contributed by atoms with Crippen LogP contribution < -0.4 is 0 Å². The van der Waals surface area contributed by atoms with Crippen LogP contribution in [0.1, 0.15) is 15.9 Å². The van der Waals surface area contributed by atoms with Crippen molar-refractivity contribution >= 4 is 16.9 Å². The molecule has 1 heterocycles. The lowest BCUT2D eigenvalue weighted by molar-refractivity contribution is 0.0473. The number of esters is 1. The van der Waals surface area contributed by atoms with Crippen LogP contribution in [-0.2, 0) is 11.3 Å². The Hall–Kier alpha value is -2.55. The number of benzene rings is 2. The lowest BCUT2D eigenvalue weighted by Gasteiger charge is -2.04. The molecule has 0 aliphatic carbocycles. The van der Waals surface area contributed by atoms with Crippen LogP contribution in [0, 0.1) is 0 Å². The van der Waals surface area contributed by atoms with Gasteiger partial charge in [-0.15, -0.1) is 0 Å². The van der Waals surface area contributed by atoms with Crippen LogP contribution in [0.3, 0.4) is 0 Å². The summed E-state index contributed by atoms with van der Waals surface area (Å²) in [5, 5.41) is 0.897. The fourth-order valence-corrected chi connectivity index (χ4v) is 1.90. The van der Waals surface area contributed by atoms with Crippen molar-refractivity contribution in [2.24, 2.45) is 0 Å². The van der Waals surface area contributed by atoms with Crippen LogP contribution in [0.15, 0.2) is 65.3 Å². The maximum atomic E-state index is 11.9. The van der Waals surface area contributed by atoms with Gasteiger partial charge in [0.1, 0.15) is 12.2 Å². The third-order valence-corrected chi connectivity index (χ3v) is 2.90. The van der Waals surface area contributed by atoms with Crippen molar-refractivity contribution < 1.29 is 13.9 Å². The van der Waals surface area contributed by atoms with Crippen molar-refractivity contribution in [2.45, 2.75) is 6.61 Å². The van der Waals surface area contributed by atoms with E-state index in [0.29, 0.717) is 5.56 Å². The van der Waals surface area contributed by atoms with Gasteiger partial charge >= 0.3 is 5.97 Å². The molecule has 0 fully saturated rings. The highest BCUT2D eigenvalue weighted by molar-refractivity contribution is 5.94. The molecule has 3 nitrogen and oxygen atoms in total. The van der Waals surface area contributed by atoms with E-state index in [4.69, 9.17) is 9.15 Å². The van der Waals surface area contributed by atoms with E-state index >= 15 is 0 Å². The van der Waals surface area contributed by atoms with Gasteiger partial charge in [-0.05, 0) is 29.8 Å². The predicted molar refractivity (Wildman–Crippen MR) is 71.8 cm³/mol. The summed E-state index contributed by atoms with van der Waals surface area (Å²) in [6.45, 7) is 0.281. The van der Waals surface area contributed by atoms with Gasteiger partial charge in [-0.3, -0.25) is 0 Å². The molecule has 19 heavy (non-hydrogen) atoms. The molecule has 0 N–H and O–H groups in total. The number of furan rings is 1. The third-order valence-electron chi connectivity index (χ3n) is 2.90. The van der Waals surface area contributed by atoms with Gasteiger partial charge in [0.2, 0.25) is 0 Å². The molecule has 0 radical (unpaired) electrons. The average molecular weight is 252 g/mol. The minimum Gasteiger partial charge on any atom is -0.464 e. The number of rotatable bonds is 3. The molecule has 3 rings (SSSR count). The average Bonchev–Trinajstić information content (AvgIpc) is 2.93. The molecular weight excluding hydrogens is 240 g/mol. The van der Waals surface area contributed by atoms with Gasteiger partial charge < -0.3 is 9.15 Å². The first kappa shape index (κ1) is 11.5. The van der Waals surface area contributed by atoms with Crippen molar-refractivity contribution in [1.29, 1.82) is 0 Å². The Morgan fingerprint density at radius 1 is 1.05 bits per heavy atom. The highest BCUT2D eigenvalue weighted by atomic mass is 16.5. The van der Waals surface area contributed by atoms with Crippen LogP contribution in [0.25, 0.3) is 11.0 Å². The Morgan fingerprint density at radius 2 is 1.89 bits per heavy atom. The standard InChI is InChI=1S/C16H12O3/c17-16(19-11-12-4-2-1-3-5-12)14-6-7-15-13(10-14)8-9-18-15/h1-10H,11H2. The zero-order chi connectivity index (χ0) is 13.1. The molecule has 0 saturated heterocycles. The Balaban J connectivity index is 1.73. The molecule has 1 aromatic heterocycles. The minimum atomic E-state index is -0.327. The van der Waals surface area contributed by atoms with E-state index in [2.05, 4.69) is 0 Å². The first-order valence-corrected chi connectivity index (χ1v) is 6.01. The molecule has 2 aromatic carbocycles. The molecule has 94 valence electrons. The minimum absolute atomic E-state index is 0.281. The van der Waals surface area contributed by atoms with Gasteiger partial charge in [-0.25, -0.2) is 4.79 Å². The third kappa shape index (κ3) is 2.50. The molecule has 0 aliphatic rings. The van der Waals surface area contributed by atoms with Crippen LogP contribution in [0.5, 0.6) is 0 Å². The van der Waals surface area contributed by atoms with E-state index < -0.39 is 0 Å². The van der Waals surface area contributed by atoms with E-state index in [9.17, 15) is 4.79 Å². The lowest BCUT2D eigenvalue weighted by atomic mass is 10.1. The molecule has 0 amide bonds. The van der Waals surface area contributed by atoms with Crippen molar-refractivity contribution in [3.63, 3.8) is 0 Å². The topological polar surface area (TPSA) is 39.4 Å². The fourth-order valence-electron chi connectivity index (χ4n) is 1.90. The van der Waals surface area contributed by atoms with Crippen molar-refractivity contribution in [1.82, 2.24) is 0 Å². The molecule has 0 spiro atoms. The Bertz CT molecular complexity index is 698. The number of hydrogen-bond acceptors (Lipinski definition) is 3. The Morgan fingerprint density at radius 3 is 2.74 bits per heavy atom. The second-order valence-electron chi connectivity index (χ2n) is 4.23. The highest BCUT2D eigenvalue weighted by Crippen LogP contribution is 2.17. The number of fused-ring (bicyclic) bond motifs is 1. The lowest BCUT2D eigenvalue weighted by Crippen LogP contribution is -2.04. The second-order valence-corrected chi connectivity index (χ2v) is 4.23. The molecular formula is C16H12O3. The summed E-state index contributed by atoms with van der Waals surface area (Å²) in [5.74, 6) is -0.327. The van der Waals surface area contributed by atoms with Crippen molar-refractivity contribution in [3.05, 3.63) is 72.0 Å². The summed E-state index contributed by atoms with van der Waals surface area (Å²) in [6, 6.07) is 16.7. The quantitative estimate of drug-likeness (QED) is 0.666. The Labute approximate surface area is 110 Å². The monoisotopic (exact) mass is 252 g/mol. The number of carbonyl (C=O) groups is 1. The summed E-state index contributed by atoms with van der Waals surface area (Å²) in [5.41, 5.74) is 2.27. The normalized spacial score (nSPS) is 10.5. The summed E-state index contributed by atoms with van der Waals surface area (Å²) in [4.78, 5) is 11.9. The zero-order valence-corrected chi connectivity index (χ0v) is 10.2. The molecule has 3 aromatic rings. The van der Waals surface area contributed by atoms with Crippen molar-refractivity contribution in [2.75, 3.05) is 0 Å². The predicted octanol–water partition coefficient (Wildman–Crippen LogP) is 3.79. The van der Waals surface area contributed by atoms with E-state index in [1.807, 2.05) is 36.4 Å². The van der Waals surface area contributed by atoms with E-state index in [-0.39, 0.29) is 12.6 Å². The van der Waals surface area contributed by atoms with E-state index in [1.54, 1.807) is 24.5 Å². The van der Waals surface area contributed by atoms with Gasteiger partial charge in [-0.1, -0.05) is 30.3 Å². The number of hydrogen-bond donors (Lipinski definition) is 0. The largest absolute Gasteiger partial charge is 0.464 e. The SMILES string of the molecule is O=C(OCc1ccccc1)c1ccc2occc2c1.